The average molecular weight is 253 g/mol. The molecule has 1 saturated heterocycles. The number of aliphatic carboxylic acids is 1. The second kappa shape index (κ2) is 4.54. The summed E-state index contributed by atoms with van der Waals surface area (Å²) in [6.07, 6.45) is -5.85. The molecule has 17 heavy (non-hydrogen) atoms. The van der Waals surface area contributed by atoms with Crippen LogP contribution >= 0.6 is 0 Å². The van der Waals surface area contributed by atoms with Crippen molar-refractivity contribution in [2.45, 2.75) is 32.4 Å². The minimum absolute atomic E-state index is 0.0149. The van der Waals surface area contributed by atoms with E-state index < -0.39 is 36.3 Å². The van der Waals surface area contributed by atoms with Crippen LogP contribution in [0.4, 0.5) is 13.2 Å². The highest BCUT2D eigenvalue weighted by atomic mass is 19.4. The first kappa shape index (κ1) is 13.8. The van der Waals surface area contributed by atoms with Gasteiger partial charge in [-0.1, -0.05) is 0 Å². The molecule has 0 aromatic carbocycles. The van der Waals surface area contributed by atoms with E-state index in [0.717, 1.165) is 0 Å². The van der Waals surface area contributed by atoms with Crippen LogP contribution in [0.3, 0.4) is 0 Å². The van der Waals surface area contributed by atoms with E-state index in [1.165, 1.54) is 11.8 Å². The highest BCUT2D eigenvalue weighted by molar-refractivity contribution is 5.80. The van der Waals surface area contributed by atoms with Gasteiger partial charge in [-0.25, -0.2) is 0 Å². The van der Waals surface area contributed by atoms with Crippen molar-refractivity contribution >= 4 is 11.9 Å². The molecule has 0 aromatic heterocycles. The molecule has 1 fully saturated rings. The van der Waals surface area contributed by atoms with Crippen molar-refractivity contribution in [3.05, 3.63) is 0 Å². The van der Waals surface area contributed by atoms with Crippen molar-refractivity contribution in [2.24, 2.45) is 5.41 Å². The number of nitrogens with zero attached hydrogens (tertiary/aromatic N) is 1. The van der Waals surface area contributed by atoms with Gasteiger partial charge in [0.1, 0.15) is 0 Å². The van der Waals surface area contributed by atoms with E-state index in [4.69, 9.17) is 5.11 Å². The number of alkyl halides is 3. The van der Waals surface area contributed by atoms with Crippen LogP contribution in [0.2, 0.25) is 0 Å². The Bertz CT molecular complexity index is 329. The Balaban J connectivity index is 2.49. The Hall–Kier alpha value is -1.27. The van der Waals surface area contributed by atoms with Crippen molar-refractivity contribution in [3.63, 3.8) is 0 Å². The molecule has 0 aliphatic carbocycles. The lowest BCUT2D eigenvalue weighted by molar-refractivity contribution is -0.150. The molecule has 1 heterocycles. The fourth-order valence-electron chi connectivity index (χ4n) is 1.76. The summed E-state index contributed by atoms with van der Waals surface area (Å²) in [5.41, 5.74) is -1.03. The molecular weight excluding hydrogens is 239 g/mol. The zero-order valence-corrected chi connectivity index (χ0v) is 9.38. The molecule has 1 aliphatic rings. The van der Waals surface area contributed by atoms with Crippen molar-refractivity contribution in [3.8, 4) is 0 Å². The zero-order valence-electron chi connectivity index (χ0n) is 9.38. The predicted octanol–water partition coefficient (Wildman–Crippen LogP) is 1.65. The van der Waals surface area contributed by atoms with Crippen LogP contribution < -0.4 is 0 Å². The SMILES string of the molecule is C[C@]1(C(=O)O)CCN(C(=O)CCC(F)(F)F)C1. The number of likely N-dealkylation sites (tertiary alicyclic amines) is 1. The number of carbonyl (C=O) groups is 2. The quantitative estimate of drug-likeness (QED) is 0.832. The number of amides is 1. The van der Waals surface area contributed by atoms with Gasteiger partial charge in [-0.2, -0.15) is 13.2 Å². The Kier molecular flexibility index (Phi) is 3.68. The first-order chi connectivity index (χ1) is 7.64. The number of carbonyl (C=O) groups excluding carboxylic acids is 1. The third-order valence-electron chi connectivity index (χ3n) is 2.96. The van der Waals surface area contributed by atoms with Crippen LogP contribution in [0, 0.1) is 5.41 Å². The summed E-state index contributed by atoms with van der Waals surface area (Å²) in [7, 11) is 0. The van der Waals surface area contributed by atoms with Gasteiger partial charge >= 0.3 is 12.1 Å². The fraction of sp³-hybridized carbons (Fsp3) is 0.800. The molecule has 1 atom stereocenters. The molecular formula is C10H14F3NO3. The summed E-state index contributed by atoms with van der Waals surface area (Å²) >= 11 is 0. The Morgan fingerprint density at radius 1 is 1.41 bits per heavy atom. The molecule has 0 unspecified atom stereocenters. The maximum atomic E-state index is 11.9. The van der Waals surface area contributed by atoms with Gasteiger partial charge in [0, 0.05) is 19.5 Å². The predicted molar refractivity (Wildman–Crippen MR) is 52.2 cm³/mol. The number of rotatable bonds is 3. The Morgan fingerprint density at radius 2 is 2.00 bits per heavy atom. The minimum Gasteiger partial charge on any atom is -0.481 e. The highest BCUT2D eigenvalue weighted by Gasteiger charge is 2.42. The molecule has 1 amide bonds. The number of hydrogen-bond acceptors (Lipinski definition) is 2. The van der Waals surface area contributed by atoms with Crippen molar-refractivity contribution in [1.82, 2.24) is 4.90 Å². The first-order valence-electron chi connectivity index (χ1n) is 5.22. The van der Waals surface area contributed by atoms with Gasteiger partial charge in [-0.3, -0.25) is 9.59 Å². The van der Waals surface area contributed by atoms with Gasteiger partial charge in [0.15, 0.2) is 0 Å². The Labute approximate surface area is 96.4 Å². The third kappa shape index (κ3) is 3.61. The smallest absolute Gasteiger partial charge is 0.389 e. The molecule has 0 spiro atoms. The normalized spacial score (nSPS) is 25.1. The number of hydrogen-bond donors (Lipinski definition) is 1. The number of carboxylic acid groups (broad SMARTS) is 1. The van der Waals surface area contributed by atoms with Gasteiger partial charge in [-0.15, -0.1) is 0 Å². The van der Waals surface area contributed by atoms with E-state index in [0.29, 0.717) is 0 Å². The molecule has 1 rings (SSSR count). The molecule has 98 valence electrons. The monoisotopic (exact) mass is 253 g/mol. The summed E-state index contributed by atoms with van der Waals surface area (Å²) in [5, 5.41) is 8.91. The van der Waals surface area contributed by atoms with E-state index in [2.05, 4.69) is 0 Å². The van der Waals surface area contributed by atoms with E-state index in [9.17, 15) is 22.8 Å². The van der Waals surface area contributed by atoms with Crippen molar-refractivity contribution in [1.29, 1.82) is 0 Å². The highest BCUT2D eigenvalue weighted by Crippen LogP contribution is 2.31. The molecule has 0 saturated carbocycles. The standard InChI is InChI=1S/C10H14F3NO3/c1-9(8(16)17)4-5-14(6-9)7(15)2-3-10(11,12)13/h2-6H2,1H3,(H,16,17)/t9-/m0/s1. The van der Waals surface area contributed by atoms with E-state index in [-0.39, 0.29) is 19.5 Å². The maximum absolute atomic E-state index is 11.9. The lowest BCUT2D eigenvalue weighted by Gasteiger charge is -2.20. The Morgan fingerprint density at radius 3 is 2.41 bits per heavy atom. The summed E-state index contributed by atoms with van der Waals surface area (Å²) in [6, 6.07) is 0. The third-order valence-corrected chi connectivity index (χ3v) is 2.96. The molecule has 0 bridgehead atoms. The van der Waals surface area contributed by atoms with E-state index >= 15 is 0 Å². The lowest BCUT2D eigenvalue weighted by atomic mass is 9.90. The van der Waals surface area contributed by atoms with Gasteiger partial charge in [0.25, 0.3) is 0 Å². The van der Waals surface area contributed by atoms with Crippen LogP contribution in [-0.2, 0) is 9.59 Å². The minimum atomic E-state index is -4.36. The first-order valence-corrected chi connectivity index (χ1v) is 5.22. The van der Waals surface area contributed by atoms with Gasteiger partial charge < -0.3 is 10.0 Å². The topological polar surface area (TPSA) is 57.6 Å². The largest absolute Gasteiger partial charge is 0.481 e. The van der Waals surface area contributed by atoms with Gasteiger partial charge in [0.05, 0.1) is 11.8 Å². The fourth-order valence-corrected chi connectivity index (χ4v) is 1.76. The van der Waals surface area contributed by atoms with E-state index in [1.54, 1.807) is 0 Å². The van der Waals surface area contributed by atoms with Crippen molar-refractivity contribution in [2.75, 3.05) is 13.1 Å². The molecule has 4 nitrogen and oxygen atoms in total. The summed E-state index contributed by atoms with van der Waals surface area (Å²) in [5.74, 6) is -1.66. The van der Waals surface area contributed by atoms with Crippen LogP contribution in [0.1, 0.15) is 26.2 Å². The van der Waals surface area contributed by atoms with Crippen LogP contribution in [-0.4, -0.2) is 41.1 Å². The maximum Gasteiger partial charge on any atom is 0.389 e. The molecule has 7 heteroatoms. The zero-order chi connectivity index (χ0) is 13.3. The van der Waals surface area contributed by atoms with Crippen LogP contribution in [0.5, 0.6) is 0 Å². The van der Waals surface area contributed by atoms with Gasteiger partial charge in [-0.05, 0) is 13.3 Å². The molecule has 0 aromatic rings. The van der Waals surface area contributed by atoms with Gasteiger partial charge in [0.2, 0.25) is 5.91 Å². The molecule has 0 radical (unpaired) electrons. The summed E-state index contributed by atoms with van der Waals surface area (Å²) in [4.78, 5) is 23.5. The summed E-state index contributed by atoms with van der Waals surface area (Å²) < 4.78 is 35.8. The second-order valence-corrected chi connectivity index (χ2v) is 4.55. The van der Waals surface area contributed by atoms with Crippen LogP contribution in [0.25, 0.3) is 0 Å². The van der Waals surface area contributed by atoms with E-state index in [1.807, 2.05) is 0 Å². The molecule has 1 N–H and O–H groups in total. The molecule has 1 aliphatic heterocycles. The average Bonchev–Trinajstić information content (AvgIpc) is 2.58. The summed E-state index contributed by atoms with van der Waals surface area (Å²) in [6.45, 7) is 1.69. The number of halogens is 3. The van der Waals surface area contributed by atoms with Crippen molar-refractivity contribution < 1.29 is 27.9 Å². The number of carboxylic acids is 1. The lowest BCUT2D eigenvalue weighted by Crippen LogP contribution is -2.35. The van der Waals surface area contributed by atoms with Crippen LogP contribution in [0.15, 0.2) is 0 Å². The second-order valence-electron chi connectivity index (χ2n) is 4.55.